The number of anilines is 1. The number of aromatic nitrogens is 2. The van der Waals surface area contributed by atoms with Gasteiger partial charge in [-0.15, -0.1) is 0 Å². The molecule has 4 rings (SSSR count). The highest BCUT2D eigenvalue weighted by molar-refractivity contribution is 6.04. The molecule has 1 atom stereocenters. The van der Waals surface area contributed by atoms with Crippen LogP contribution in [-0.4, -0.2) is 34.0 Å². The van der Waals surface area contributed by atoms with E-state index < -0.39 is 0 Å². The van der Waals surface area contributed by atoms with Crippen molar-refractivity contribution in [1.29, 1.82) is 0 Å². The number of fused-ring (bicyclic) bond motifs is 1. The van der Waals surface area contributed by atoms with E-state index in [1.807, 2.05) is 17.9 Å². The Kier molecular flexibility index (Phi) is 5.01. The second-order valence-corrected chi connectivity index (χ2v) is 7.75. The van der Waals surface area contributed by atoms with Crippen molar-refractivity contribution < 1.29 is 0 Å². The fourth-order valence-electron chi connectivity index (χ4n) is 4.12. The molecule has 2 aliphatic rings. The number of rotatable bonds is 1. The summed E-state index contributed by atoms with van der Waals surface area (Å²) in [6.07, 6.45) is 12.6. The first kappa shape index (κ1) is 17.8. The molecule has 5 heteroatoms. The quantitative estimate of drug-likeness (QED) is 0.799. The van der Waals surface area contributed by atoms with E-state index in [1.54, 1.807) is 5.57 Å². The number of hydrogen-bond donors (Lipinski definition) is 1. The van der Waals surface area contributed by atoms with Crippen LogP contribution in [0.5, 0.6) is 0 Å². The summed E-state index contributed by atoms with van der Waals surface area (Å²) in [5.74, 6) is 1.36. The van der Waals surface area contributed by atoms with E-state index in [0.29, 0.717) is 12.6 Å². The third-order valence-electron chi connectivity index (χ3n) is 5.73. The minimum atomic E-state index is 0.449. The predicted molar refractivity (Wildman–Crippen MR) is 113 cm³/mol. The Morgan fingerprint density at radius 2 is 1.96 bits per heavy atom. The predicted octanol–water partition coefficient (Wildman–Crippen LogP) is 4.70. The summed E-state index contributed by atoms with van der Waals surface area (Å²) in [4.78, 5) is 11.6. The lowest BCUT2D eigenvalue weighted by Gasteiger charge is -2.25. The molecule has 1 aromatic carbocycles. The van der Waals surface area contributed by atoms with Crippen LogP contribution in [0.15, 0.2) is 52.9 Å². The average molecular weight is 364 g/mol. The molecule has 2 heterocycles. The van der Waals surface area contributed by atoms with E-state index in [2.05, 4.69) is 59.5 Å². The fraction of sp³-hybridized carbons (Fsp3) is 0.455. The van der Waals surface area contributed by atoms with Gasteiger partial charge in [0.15, 0.2) is 0 Å². The van der Waals surface area contributed by atoms with Crippen molar-refractivity contribution >= 4 is 22.6 Å². The molecular weight excluding hydrogens is 334 g/mol. The lowest BCUT2D eigenvalue weighted by Crippen LogP contribution is -2.21. The molecule has 0 fully saturated rings. The maximum Gasteiger partial charge on any atom is 0.127 e. The summed E-state index contributed by atoms with van der Waals surface area (Å²) < 4.78 is 2.04. The molecule has 1 aromatic heterocycles. The van der Waals surface area contributed by atoms with E-state index in [-0.39, 0.29) is 0 Å². The summed E-state index contributed by atoms with van der Waals surface area (Å²) in [5.41, 5.74) is 6.27. The van der Waals surface area contributed by atoms with Gasteiger partial charge in [0.25, 0.3) is 0 Å². The first-order chi connectivity index (χ1) is 13.1. The van der Waals surface area contributed by atoms with Gasteiger partial charge >= 0.3 is 0 Å². The topological polar surface area (TPSA) is 45.5 Å². The van der Waals surface area contributed by atoms with Gasteiger partial charge in [-0.2, -0.15) is 0 Å². The summed E-state index contributed by atoms with van der Waals surface area (Å²) in [6.45, 7) is 3.00. The minimum Gasteiger partial charge on any atom is -0.359 e. The van der Waals surface area contributed by atoms with E-state index in [9.17, 15) is 0 Å². The Morgan fingerprint density at radius 3 is 2.85 bits per heavy atom. The Morgan fingerprint density at radius 1 is 1.11 bits per heavy atom. The van der Waals surface area contributed by atoms with Crippen LogP contribution in [0.3, 0.4) is 0 Å². The minimum absolute atomic E-state index is 0.449. The van der Waals surface area contributed by atoms with Crippen molar-refractivity contribution in [1.82, 2.24) is 14.5 Å². The second kappa shape index (κ2) is 7.59. The van der Waals surface area contributed by atoms with Gasteiger partial charge in [0.1, 0.15) is 12.5 Å². The zero-order valence-electron chi connectivity index (χ0n) is 16.6. The third-order valence-corrected chi connectivity index (χ3v) is 5.73. The Bertz CT molecular complexity index is 918. The molecular formula is C22H29N5. The maximum atomic E-state index is 4.85. The first-order valence-corrected chi connectivity index (χ1v) is 9.95. The monoisotopic (exact) mass is 363 g/mol. The summed E-state index contributed by atoms with van der Waals surface area (Å²) in [5, 5.41) is 3.50. The molecule has 0 saturated heterocycles. The molecule has 27 heavy (non-hydrogen) atoms. The van der Waals surface area contributed by atoms with E-state index in [0.717, 1.165) is 22.6 Å². The molecule has 0 radical (unpaired) electrons. The average Bonchev–Trinajstić information content (AvgIpc) is 2.90. The van der Waals surface area contributed by atoms with Gasteiger partial charge in [-0.1, -0.05) is 19.4 Å². The number of nitrogens with zero attached hydrogens (tertiary/aromatic N) is 4. The maximum absolute atomic E-state index is 4.85. The molecule has 0 bridgehead atoms. The van der Waals surface area contributed by atoms with Crippen LogP contribution >= 0.6 is 0 Å². The molecule has 1 unspecified atom stereocenters. The number of benzene rings is 1. The largest absolute Gasteiger partial charge is 0.359 e. The molecule has 142 valence electrons. The lowest BCUT2D eigenvalue weighted by molar-refractivity contribution is 0.404. The van der Waals surface area contributed by atoms with Crippen LogP contribution in [-0.2, 0) is 7.05 Å². The van der Waals surface area contributed by atoms with Gasteiger partial charge < -0.3 is 14.8 Å². The fourth-order valence-corrected chi connectivity index (χ4v) is 4.12. The molecule has 0 spiro atoms. The zero-order chi connectivity index (χ0) is 18.8. The highest BCUT2D eigenvalue weighted by Gasteiger charge is 2.19. The van der Waals surface area contributed by atoms with Crippen LogP contribution in [0.25, 0.3) is 11.0 Å². The van der Waals surface area contributed by atoms with E-state index in [1.165, 1.54) is 37.8 Å². The van der Waals surface area contributed by atoms with Crippen LogP contribution in [0.4, 0.5) is 5.69 Å². The Hall–Kier alpha value is -2.56. The van der Waals surface area contributed by atoms with Crippen molar-refractivity contribution in [3.63, 3.8) is 0 Å². The van der Waals surface area contributed by atoms with Crippen LogP contribution < -0.4 is 5.32 Å². The normalized spacial score (nSPS) is 24.3. The van der Waals surface area contributed by atoms with Gasteiger partial charge in [-0.25, -0.2) is 9.98 Å². The lowest BCUT2D eigenvalue weighted by atomic mass is 9.94. The molecule has 2 aromatic rings. The Labute approximate surface area is 161 Å². The first-order valence-electron chi connectivity index (χ1n) is 9.95. The van der Waals surface area contributed by atoms with Crippen molar-refractivity contribution in [3.05, 3.63) is 47.9 Å². The van der Waals surface area contributed by atoms with Crippen molar-refractivity contribution in [2.24, 2.45) is 18.0 Å². The van der Waals surface area contributed by atoms with Gasteiger partial charge in [-0.3, -0.25) is 0 Å². The van der Waals surface area contributed by atoms with E-state index >= 15 is 0 Å². The number of hydrogen-bond acceptors (Lipinski definition) is 4. The summed E-state index contributed by atoms with van der Waals surface area (Å²) in [6, 6.07) is 6.25. The molecule has 1 N–H and O–H groups in total. The molecule has 0 saturated carbocycles. The molecule has 0 amide bonds. The summed E-state index contributed by atoms with van der Waals surface area (Å²) in [7, 11) is 4.20. The number of amidine groups is 1. The smallest absolute Gasteiger partial charge is 0.127 e. The molecule has 1 aliphatic heterocycles. The van der Waals surface area contributed by atoms with Crippen LogP contribution in [0.1, 0.15) is 39.0 Å². The van der Waals surface area contributed by atoms with E-state index in [4.69, 9.17) is 4.99 Å². The highest BCUT2D eigenvalue weighted by atomic mass is 15.2. The highest BCUT2D eigenvalue weighted by Crippen LogP contribution is 2.31. The van der Waals surface area contributed by atoms with Crippen LogP contribution in [0, 0.1) is 5.92 Å². The van der Waals surface area contributed by atoms with Gasteiger partial charge in [0.05, 0.1) is 17.4 Å². The Balaban J connectivity index is 1.59. The SMILES string of the molecule is CC1/C=C\C(Nc2ccc3ncn(C)c3c2)=N/CN(C)C2=C1CCCCC2. The number of aliphatic imine (C=N–C) groups is 1. The van der Waals surface area contributed by atoms with Crippen molar-refractivity contribution in [3.8, 4) is 0 Å². The number of aryl methyl sites for hydroxylation is 1. The number of imidazole rings is 1. The number of allylic oxidation sites excluding steroid dienone is 3. The standard InChI is InChI=1S/C22H29N5/c1-16-9-12-22(24-15-26(2)20-8-6-4-5-7-18(16)20)25-17-10-11-19-21(13-17)27(3)14-23-19/h9-14,16H,4-8,15H2,1-3H3,(H,24,25)/b12-9-. The van der Waals surface area contributed by atoms with Crippen LogP contribution in [0.2, 0.25) is 0 Å². The van der Waals surface area contributed by atoms with Crippen molar-refractivity contribution in [2.75, 3.05) is 19.0 Å². The van der Waals surface area contributed by atoms with Crippen molar-refractivity contribution in [2.45, 2.75) is 39.0 Å². The third kappa shape index (κ3) is 3.77. The van der Waals surface area contributed by atoms with Gasteiger partial charge in [0.2, 0.25) is 0 Å². The van der Waals surface area contributed by atoms with Gasteiger partial charge in [0, 0.05) is 25.5 Å². The zero-order valence-corrected chi connectivity index (χ0v) is 16.6. The van der Waals surface area contributed by atoms with Gasteiger partial charge in [-0.05, 0) is 61.4 Å². The molecule has 5 nitrogen and oxygen atoms in total. The second-order valence-electron chi connectivity index (χ2n) is 7.75. The summed E-state index contributed by atoms with van der Waals surface area (Å²) >= 11 is 0. The molecule has 1 aliphatic carbocycles. The number of nitrogens with one attached hydrogen (secondary N) is 1.